The number of benzene rings is 2. The fourth-order valence-corrected chi connectivity index (χ4v) is 3.18. The van der Waals surface area contributed by atoms with Crippen molar-refractivity contribution in [1.29, 1.82) is 0 Å². The van der Waals surface area contributed by atoms with Gasteiger partial charge in [0.05, 0.1) is 5.56 Å². The molecule has 136 valence electrons. The maximum absolute atomic E-state index is 12.8. The molecule has 2 aliphatic rings. The molecule has 0 heterocycles. The highest BCUT2D eigenvalue weighted by atomic mass is 16.3. The van der Waals surface area contributed by atoms with Crippen LogP contribution in [0.3, 0.4) is 0 Å². The molecular weight excluding hydrogens is 360 g/mol. The summed E-state index contributed by atoms with van der Waals surface area (Å²) in [4.78, 5) is 25.5. The predicted molar refractivity (Wildman–Crippen MR) is 89.2 cm³/mol. The van der Waals surface area contributed by atoms with Gasteiger partial charge in [0.25, 0.3) is 0 Å². The summed E-state index contributed by atoms with van der Waals surface area (Å²) in [6.07, 6.45) is 2.10. The van der Waals surface area contributed by atoms with Crippen LogP contribution in [0.1, 0.15) is 31.8 Å². The number of phenolic OH excluding ortho intramolecular Hbond substituents is 7. The molecule has 0 fully saturated rings. The van der Waals surface area contributed by atoms with Crippen molar-refractivity contribution in [2.45, 2.75) is 0 Å². The molecule has 7 N–H and O–H groups in total. The van der Waals surface area contributed by atoms with Gasteiger partial charge in [0.15, 0.2) is 34.6 Å². The average Bonchev–Trinajstić information content (AvgIpc) is 2.64. The van der Waals surface area contributed by atoms with Crippen molar-refractivity contribution in [3.8, 4) is 40.2 Å². The van der Waals surface area contributed by atoms with Crippen LogP contribution in [0.4, 0.5) is 0 Å². The Kier molecular flexibility index (Phi) is 2.99. The van der Waals surface area contributed by atoms with Gasteiger partial charge < -0.3 is 35.7 Å². The summed E-state index contributed by atoms with van der Waals surface area (Å²) in [5.74, 6) is -8.27. The number of hydrogen-bond donors (Lipinski definition) is 7. The summed E-state index contributed by atoms with van der Waals surface area (Å²) in [6.45, 7) is 0. The second kappa shape index (κ2) is 4.94. The van der Waals surface area contributed by atoms with Gasteiger partial charge >= 0.3 is 0 Å². The van der Waals surface area contributed by atoms with Crippen molar-refractivity contribution in [1.82, 2.24) is 0 Å². The second-order valence-electron chi connectivity index (χ2n) is 6.01. The Hall–Kier alpha value is -4.14. The number of ketones is 2. The van der Waals surface area contributed by atoms with E-state index in [1.807, 2.05) is 0 Å². The SMILES string of the molecule is O=C1C2=Cc3c(O)c(O)c(O)c(O)c3C(=O)C2=Cc2c1cc(O)c(O)c2O. The third kappa shape index (κ3) is 1.87. The molecule has 9 nitrogen and oxygen atoms in total. The first-order valence-electron chi connectivity index (χ1n) is 7.46. The first kappa shape index (κ1) is 16.3. The largest absolute Gasteiger partial charge is 0.504 e. The average molecular weight is 370 g/mol. The summed E-state index contributed by atoms with van der Waals surface area (Å²) < 4.78 is 0. The molecule has 2 aromatic rings. The maximum Gasteiger partial charge on any atom is 0.205 e. The maximum atomic E-state index is 12.8. The van der Waals surface area contributed by atoms with Crippen molar-refractivity contribution in [3.05, 3.63) is 39.5 Å². The number of fused-ring (bicyclic) bond motifs is 3. The molecule has 0 aliphatic heterocycles. The van der Waals surface area contributed by atoms with E-state index in [2.05, 4.69) is 0 Å². The van der Waals surface area contributed by atoms with E-state index in [1.54, 1.807) is 0 Å². The lowest BCUT2D eigenvalue weighted by Crippen LogP contribution is -2.21. The Bertz CT molecular complexity index is 1170. The molecule has 0 saturated carbocycles. The molecule has 0 bridgehead atoms. The van der Waals surface area contributed by atoms with Crippen LogP contribution in [0, 0.1) is 0 Å². The molecule has 2 aliphatic carbocycles. The summed E-state index contributed by atoms with van der Waals surface area (Å²) in [5.41, 5.74) is -1.85. The highest BCUT2D eigenvalue weighted by Crippen LogP contribution is 2.52. The minimum Gasteiger partial charge on any atom is -0.504 e. The molecule has 0 saturated heterocycles. The predicted octanol–water partition coefficient (Wildman–Crippen LogP) is 1.49. The lowest BCUT2D eigenvalue weighted by Gasteiger charge is -2.25. The Labute approximate surface area is 149 Å². The number of phenols is 7. The van der Waals surface area contributed by atoms with E-state index < -0.39 is 57.4 Å². The first-order chi connectivity index (χ1) is 12.6. The van der Waals surface area contributed by atoms with Crippen LogP contribution in [-0.4, -0.2) is 47.3 Å². The summed E-state index contributed by atoms with van der Waals surface area (Å²) in [7, 11) is 0. The zero-order valence-corrected chi connectivity index (χ0v) is 13.2. The summed E-state index contributed by atoms with van der Waals surface area (Å²) in [5, 5.41) is 68.6. The van der Waals surface area contributed by atoms with E-state index in [0.717, 1.165) is 18.2 Å². The van der Waals surface area contributed by atoms with Gasteiger partial charge in [0.2, 0.25) is 17.2 Å². The summed E-state index contributed by atoms with van der Waals surface area (Å²) in [6, 6.07) is 0.909. The van der Waals surface area contributed by atoms with Gasteiger partial charge in [-0.15, -0.1) is 0 Å². The van der Waals surface area contributed by atoms with E-state index in [-0.39, 0.29) is 27.8 Å². The fraction of sp³-hybridized carbons (Fsp3) is 0. The Morgan fingerprint density at radius 2 is 1.07 bits per heavy atom. The van der Waals surface area contributed by atoms with Gasteiger partial charge in [0, 0.05) is 27.8 Å². The molecule has 0 spiro atoms. The fourth-order valence-electron chi connectivity index (χ4n) is 3.18. The standard InChI is InChI=1S/C18H10O9/c19-9-3-7-6(13(22)15(9)24)1-5-4(11(7)20)2-8-10(12(5)21)16(25)18(27)17(26)14(8)23/h1-3,19,22-27H. The smallest absolute Gasteiger partial charge is 0.205 e. The van der Waals surface area contributed by atoms with Crippen molar-refractivity contribution in [2.75, 3.05) is 0 Å². The lowest BCUT2D eigenvalue weighted by molar-refractivity contribution is 0.0992. The van der Waals surface area contributed by atoms with Crippen molar-refractivity contribution < 1.29 is 45.3 Å². The number of carbonyl (C=O) groups is 2. The highest BCUT2D eigenvalue weighted by molar-refractivity contribution is 6.33. The van der Waals surface area contributed by atoms with Gasteiger partial charge in [-0.3, -0.25) is 9.59 Å². The van der Waals surface area contributed by atoms with E-state index in [4.69, 9.17) is 0 Å². The number of carbonyl (C=O) groups excluding carboxylic acids is 2. The number of aromatic hydroxyl groups is 7. The number of hydrogen-bond acceptors (Lipinski definition) is 9. The first-order valence-corrected chi connectivity index (χ1v) is 7.46. The molecule has 0 radical (unpaired) electrons. The van der Waals surface area contributed by atoms with Gasteiger partial charge in [-0.25, -0.2) is 0 Å². The number of allylic oxidation sites excluding steroid dienone is 2. The van der Waals surface area contributed by atoms with Crippen LogP contribution < -0.4 is 0 Å². The topological polar surface area (TPSA) is 176 Å². The van der Waals surface area contributed by atoms with Crippen LogP contribution in [-0.2, 0) is 0 Å². The zero-order valence-electron chi connectivity index (χ0n) is 13.2. The van der Waals surface area contributed by atoms with E-state index >= 15 is 0 Å². The third-order valence-electron chi connectivity index (χ3n) is 4.56. The van der Waals surface area contributed by atoms with Gasteiger partial charge in [-0.2, -0.15) is 0 Å². The Balaban J connectivity index is 2.08. The van der Waals surface area contributed by atoms with Crippen LogP contribution in [0.2, 0.25) is 0 Å². The van der Waals surface area contributed by atoms with Gasteiger partial charge in [-0.05, 0) is 18.2 Å². The van der Waals surface area contributed by atoms with Crippen molar-refractivity contribution in [3.63, 3.8) is 0 Å². The number of rotatable bonds is 0. The molecular formula is C18H10O9. The van der Waals surface area contributed by atoms with Gasteiger partial charge in [0.1, 0.15) is 0 Å². The molecule has 9 heteroatoms. The monoisotopic (exact) mass is 370 g/mol. The molecule has 27 heavy (non-hydrogen) atoms. The quantitative estimate of drug-likeness (QED) is 0.267. The van der Waals surface area contributed by atoms with Crippen molar-refractivity contribution in [2.24, 2.45) is 0 Å². The minimum atomic E-state index is -1.11. The van der Waals surface area contributed by atoms with Crippen LogP contribution in [0.5, 0.6) is 40.2 Å². The summed E-state index contributed by atoms with van der Waals surface area (Å²) >= 11 is 0. The van der Waals surface area contributed by atoms with Crippen LogP contribution in [0.15, 0.2) is 17.2 Å². The molecule has 0 unspecified atom stereocenters. The molecule has 0 atom stereocenters. The number of Topliss-reactive ketones (excluding diaryl/α,β-unsaturated/α-hetero) is 2. The van der Waals surface area contributed by atoms with Crippen molar-refractivity contribution >= 4 is 23.7 Å². The molecule has 2 aromatic carbocycles. The van der Waals surface area contributed by atoms with Crippen LogP contribution in [0.25, 0.3) is 12.2 Å². The second-order valence-corrected chi connectivity index (χ2v) is 6.01. The molecule has 4 rings (SSSR count). The zero-order chi connectivity index (χ0) is 19.8. The van der Waals surface area contributed by atoms with Crippen LogP contribution >= 0.6 is 0 Å². The highest BCUT2D eigenvalue weighted by Gasteiger charge is 2.39. The lowest BCUT2D eigenvalue weighted by atomic mass is 9.77. The minimum absolute atomic E-state index is 0.208. The normalized spacial score (nSPS) is 14.8. The van der Waals surface area contributed by atoms with E-state index in [1.165, 1.54) is 0 Å². The Morgan fingerprint density at radius 3 is 1.74 bits per heavy atom. The van der Waals surface area contributed by atoms with E-state index in [0.29, 0.717) is 0 Å². The molecule has 0 amide bonds. The van der Waals surface area contributed by atoms with Gasteiger partial charge in [-0.1, -0.05) is 0 Å². The third-order valence-corrected chi connectivity index (χ3v) is 4.56. The Morgan fingerprint density at radius 1 is 0.556 bits per heavy atom. The molecule has 0 aromatic heterocycles. The van der Waals surface area contributed by atoms with E-state index in [9.17, 15) is 45.3 Å².